The van der Waals surface area contributed by atoms with Crippen LogP contribution in [0.2, 0.25) is 0 Å². The zero-order valence-electron chi connectivity index (χ0n) is 16.2. The second-order valence-electron chi connectivity index (χ2n) is 7.10. The summed E-state index contributed by atoms with van der Waals surface area (Å²) in [4.78, 5) is 17.0. The lowest BCUT2D eigenvalue weighted by Crippen LogP contribution is -2.11. The van der Waals surface area contributed by atoms with Crippen molar-refractivity contribution in [3.63, 3.8) is 0 Å². The molecule has 144 valence electrons. The molecule has 0 bridgehead atoms. The van der Waals surface area contributed by atoms with Gasteiger partial charge in [0.15, 0.2) is 0 Å². The Morgan fingerprint density at radius 3 is 2.17 bits per heavy atom. The first kappa shape index (κ1) is 17.9. The van der Waals surface area contributed by atoms with E-state index in [9.17, 15) is 4.79 Å². The number of aromatic nitrogens is 1. The number of amides is 1. The monoisotopic (exact) mass is 389 g/mol. The number of hydrogen-bond acceptors (Lipinski definition) is 3. The Balaban J connectivity index is 1.40. The maximum atomic E-state index is 12.4. The van der Waals surface area contributed by atoms with Crippen molar-refractivity contribution in [2.24, 2.45) is 0 Å². The van der Waals surface area contributed by atoms with Crippen LogP contribution in [0, 0.1) is 0 Å². The summed E-state index contributed by atoms with van der Waals surface area (Å²) in [6.45, 7) is 0. The van der Waals surface area contributed by atoms with Gasteiger partial charge in [0.2, 0.25) is 0 Å². The first-order valence-corrected chi connectivity index (χ1v) is 9.77. The van der Waals surface area contributed by atoms with E-state index in [1.807, 2.05) is 72.8 Å². The molecule has 0 fully saturated rings. The second-order valence-corrected chi connectivity index (χ2v) is 7.10. The standard InChI is InChI=1S/C26H19N3O/c30-26(29-21-8-2-1-3-9-21)18-10-12-22(13-11-18)28-24-14-15-27-25-17-20-7-5-4-6-19(20)16-23(24)25/h1-17H,(H,27,28)(H,29,30). The average molecular weight is 389 g/mol. The fraction of sp³-hybridized carbons (Fsp3) is 0. The number of nitrogens with one attached hydrogen (secondary N) is 2. The lowest BCUT2D eigenvalue weighted by Gasteiger charge is -2.11. The van der Waals surface area contributed by atoms with Crippen LogP contribution in [-0.4, -0.2) is 10.9 Å². The number of nitrogens with zero attached hydrogens (tertiary/aromatic N) is 1. The molecule has 0 spiro atoms. The van der Waals surface area contributed by atoms with Crippen LogP contribution in [0.5, 0.6) is 0 Å². The van der Waals surface area contributed by atoms with E-state index < -0.39 is 0 Å². The number of para-hydroxylation sites is 1. The molecule has 30 heavy (non-hydrogen) atoms. The lowest BCUT2D eigenvalue weighted by molar-refractivity contribution is 0.102. The number of hydrogen-bond donors (Lipinski definition) is 2. The lowest BCUT2D eigenvalue weighted by atomic mass is 10.1. The maximum Gasteiger partial charge on any atom is 0.255 e. The van der Waals surface area contributed by atoms with Crippen LogP contribution in [0.3, 0.4) is 0 Å². The van der Waals surface area contributed by atoms with Crippen LogP contribution in [0.15, 0.2) is 103 Å². The van der Waals surface area contributed by atoms with Gasteiger partial charge in [-0.3, -0.25) is 9.78 Å². The van der Waals surface area contributed by atoms with Crippen molar-refractivity contribution in [1.29, 1.82) is 0 Å². The highest BCUT2D eigenvalue weighted by molar-refractivity contribution is 6.05. The summed E-state index contributed by atoms with van der Waals surface area (Å²) >= 11 is 0. The molecule has 4 nitrogen and oxygen atoms in total. The average Bonchev–Trinajstić information content (AvgIpc) is 2.79. The molecule has 1 aromatic heterocycles. The number of pyridine rings is 1. The molecule has 5 aromatic rings. The van der Waals surface area contributed by atoms with Gasteiger partial charge in [-0.25, -0.2) is 0 Å². The summed E-state index contributed by atoms with van der Waals surface area (Å²) in [6.07, 6.45) is 1.81. The number of carbonyl (C=O) groups is 1. The number of anilines is 3. The zero-order valence-corrected chi connectivity index (χ0v) is 16.2. The Hall–Kier alpha value is -4.18. The van der Waals surface area contributed by atoms with E-state index in [0.717, 1.165) is 28.0 Å². The Labute approximate surface area is 174 Å². The van der Waals surface area contributed by atoms with Gasteiger partial charge in [0.05, 0.1) is 5.52 Å². The number of carbonyl (C=O) groups excluding carboxylic acids is 1. The molecule has 0 aliphatic heterocycles. The van der Waals surface area contributed by atoms with Crippen LogP contribution in [0.4, 0.5) is 17.1 Å². The van der Waals surface area contributed by atoms with Gasteiger partial charge in [0, 0.05) is 34.2 Å². The summed E-state index contributed by atoms with van der Waals surface area (Å²) in [5.41, 5.74) is 4.21. The molecule has 0 aliphatic rings. The zero-order chi connectivity index (χ0) is 20.3. The van der Waals surface area contributed by atoms with Gasteiger partial charge in [0.1, 0.15) is 0 Å². The molecule has 5 rings (SSSR count). The molecule has 0 unspecified atom stereocenters. The summed E-state index contributed by atoms with van der Waals surface area (Å²) in [5.74, 6) is -0.131. The smallest absolute Gasteiger partial charge is 0.255 e. The summed E-state index contributed by atoms with van der Waals surface area (Å²) in [6, 6.07) is 31.4. The summed E-state index contributed by atoms with van der Waals surface area (Å²) in [5, 5.41) is 9.76. The number of benzene rings is 4. The van der Waals surface area contributed by atoms with E-state index in [4.69, 9.17) is 0 Å². The topological polar surface area (TPSA) is 54.0 Å². The molecule has 2 N–H and O–H groups in total. The van der Waals surface area contributed by atoms with Crippen molar-refractivity contribution >= 4 is 44.6 Å². The molecule has 1 amide bonds. The highest BCUT2D eigenvalue weighted by Crippen LogP contribution is 2.29. The third kappa shape index (κ3) is 3.59. The molecular formula is C26H19N3O. The van der Waals surface area contributed by atoms with E-state index in [0.29, 0.717) is 5.56 Å². The maximum absolute atomic E-state index is 12.4. The quantitative estimate of drug-likeness (QED) is 0.351. The van der Waals surface area contributed by atoms with E-state index >= 15 is 0 Å². The minimum atomic E-state index is -0.131. The molecule has 0 saturated carbocycles. The van der Waals surface area contributed by atoms with Crippen LogP contribution < -0.4 is 10.6 Å². The van der Waals surface area contributed by atoms with E-state index in [1.54, 1.807) is 6.20 Å². The van der Waals surface area contributed by atoms with Crippen molar-refractivity contribution < 1.29 is 4.79 Å². The first-order chi connectivity index (χ1) is 14.8. The third-order valence-corrected chi connectivity index (χ3v) is 5.07. The van der Waals surface area contributed by atoms with Crippen molar-refractivity contribution in [2.75, 3.05) is 10.6 Å². The third-order valence-electron chi connectivity index (χ3n) is 5.07. The van der Waals surface area contributed by atoms with E-state index in [1.165, 1.54) is 10.8 Å². The molecule has 0 aliphatic carbocycles. The molecular weight excluding hydrogens is 370 g/mol. The normalized spacial score (nSPS) is 10.8. The minimum Gasteiger partial charge on any atom is -0.355 e. The van der Waals surface area contributed by atoms with Crippen LogP contribution in [0.1, 0.15) is 10.4 Å². The summed E-state index contributed by atoms with van der Waals surface area (Å²) in [7, 11) is 0. The first-order valence-electron chi connectivity index (χ1n) is 9.77. The fourth-order valence-corrected chi connectivity index (χ4v) is 3.53. The predicted molar refractivity (Wildman–Crippen MR) is 123 cm³/mol. The van der Waals surface area contributed by atoms with Gasteiger partial charge in [0.25, 0.3) is 5.91 Å². The van der Waals surface area contributed by atoms with Gasteiger partial charge >= 0.3 is 0 Å². The van der Waals surface area contributed by atoms with Crippen molar-refractivity contribution in [1.82, 2.24) is 4.98 Å². The fourth-order valence-electron chi connectivity index (χ4n) is 3.53. The minimum absolute atomic E-state index is 0.131. The highest BCUT2D eigenvalue weighted by atomic mass is 16.1. The van der Waals surface area contributed by atoms with Gasteiger partial charge in [-0.05, 0) is 65.4 Å². The second kappa shape index (κ2) is 7.68. The molecule has 4 heteroatoms. The van der Waals surface area contributed by atoms with Gasteiger partial charge in [-0.1, -0.05) is 42.5 Å². The number of rotatable bonds is 4. The van der Waals surface area contributed by atoms with E-state index in [-0.39, 0.29) is 5.91 Å². The largest absolute Gasteiger partial charge is 0.355 e. The number of fused-ring (bicyclic) bond motifs is 2. The Morgan fingerprint density at radius 1 is 0.700 bits per heavy atom. The van der Waals surface area contributed by atoms with E-state index in [2.05, 4.69) is 39.9 Å². The highest BCUT2D eigenvalue weighted by Gasteiger charge is 2.08. The van der Waals surface area contributed by atoms with Crippen LogP contribution in [-0.2, 0) is 0 Å². The Bertz CT molecular complexity index is 1350. The van der Waals surface area contributed by atoms with Gasteiger partial charge in [-0.15, -0.1) is 0 Å². The summed E-state index contributed by atoms with van der Waals surface area (Å²) < 4.78 is 0. The van der Waals surface area contributed by atoms with Gasteiger partial charge in [-0.2, -0.15) is 0 Å². The van der Waals surface area contributed by atoms with Crippen molar-refractivity contribution in [2.45, 2.75) is 0 Å². The molecule has 0 atom stereocenters. The SMILES string of the molecule is O=C(Nc1ccccc1)c1ccc(Nc2ccnc3cc4ccccc4cc23)cc1. The molecule has 0 saturated heterocycles. The Morgan fingerprint density at radius 2 is 1.40 bits per heavy atom. The van der Waals surface area contributed by atoms with Gasteiger partial charge < -0.3 is 10.6 Å². The van der Waals surface area contributed by atoms with Crippen LogP contribution >= 0.6 is 0 Å². The molecule has 0 radical (unpaired) electrons. The Kier molecular flexibility index (Phi) is 4.58. The van der Waals surface area contributed by atoms with Crippen LogP contribution in [0.25, 0.3) is 21.7 Å². The predicted octanol–water partition coefficient (Wildman–Crippen LogP) is 6.38. The van der Waals surface area contributed by atoms with Crippen molar-refractivity contribution in [3.8, 4) is 0 Å². The van der Waals surface area contributed by atoms with Crippen molar-refractivity contribution in [3.05, 3.63) is 109 Å². The molecule has 1 heterocycles. The molecule has 4 aromatic carbocycles.